The lowest BCUT2D eigenvalue weighted by Gasteiger charge is -2.23. The number of nitrogens with zero attached hydrogens (tertiary/aromatic N) is 2. The molecule has 1 unspecified atom stereocenters. The first-order chi connectivity index (χ1) is 8.85. The zero-order valence-corrected chi connectivity index (χ0v) is 11.9. The second-order valence-corrected chi connectivity index (χ2v) is 5.51. The summed E-state index contributed by atoms with van der Waals surface area (Å²) in [5.74, 6) is 0.816. The van der Waals surface area contributed by atoms with Crippen molar-refractivity contribution in [1.82, 2.24) is 15.1 Å². The fourth-order valence-corrected chi connectivity index (χ4v) is 3.04. The highest BCUT2D eigenvalue weighted by Gasteiger charge is 2.26. The molecule has 1 aliphatic rings. The smallest absolute Gasteiger partial charge is 0.0537 e. The Morgan fingerprint density at radius 1 is 1.33 bits per heavy atom. The van der Waals surface area contributed by atoms with Gasteiger partial charge in [0.15, 0.2) is 0 Å². The Morgan fingerprint density at radius 2 is 2.11 bits per heavy atom. The first-order valence-electron chi connectivity index (χ1n) is 7.60. The van der Waals surface area contributed by atoms with Crippen molar-refractivity contribution in [2.24, 2.45) is 5.92 Å². The standard InChI is InChI=1S/C15H27N3/c1-3-9-16-15(13-7-5-6-8-13)14-11-17-18(12-14)10-4-2/h11-13,15-16H,3-10H2,1-2H3. The quantitative estimate of drug-likeness (QED) is 0.801. The Bertz CT molecular complexity index is 339. The number of aromatic nitrogens is 2. The Morgan fingerprint density at radius 3 is 2.78 bits per heavy atom. The first-order valence-corrected chi connectivity index (χ1v) is 7.60. The minimum Gasteiger partial charge on any atom is -0.310 e. The molecule has 2 rings (SSSR count). The van der Waals surface area contributed by atoms with Gasteiger partial charge in [-0.1, -0.05) is 26.7 Å². The third-order valence-electron chi connectivity index (χ3n) is 3.95. The molecule has 0 aliphatic heterocycles. The number of hydrogen-bond donors (Lipinski definition) is 1. The fourth-order valence-electron chi connectivity index (χ4n) is 3.04. The van der Waals surface area contributed by atoms with Crippen LogP contribution in [-0.4, -0.2) is 16.3 Å². The predicted molar refractivity (Wildman–Crippen MR) is 75.5 cm³/mol. The monoisotopic (exact) mass is 249 g/mol. The molecule has 1 heterocycles. The van der Waals surface area contributed by atoms with Gasteiger partial charge in [-0.2, -0.15) is 5.10 Å². The third kappa shape index (κ3) is 3.35. The van der Waals surface area contributed by atoms with Gasteiger partial charge in [0.2, 0.25) is 0 Å². The van der Waals surface area contributed by atoms with Crippen LogP contribution < -0.4 is 5.32 Å². The van der Waals surface area contributed by atoms with Crippen LogP contribution >= 0.6 is 0 Å². The van der Waals surface area contributed by atoms with Gasteiger partial charge in [-0.15, -0.1) is 0 Å². The topological polar surface area (TPSA) is 29.9 Å². The van der Waals surface area contributed by atoms with E-state index >= 15 is 0 Å². The normalized spacial score (nSPS) is 18.3. The van der Waals surface area contributed by atoms with Gasteiger partial charge < -0.3 is 5.32 Å². The molecule has 18 heavy (non-hydrogen) atoms. The van der Waals surface area contributed by atoms with Crippen LogP contribution in [0.3, 0.4) is 0 Å². The molecule has 1 aromatic rings. The molecule has 0 saturated heterocycles. The molecule has 0 bridgehead atoms. The van der Waals surface area contributed by atoms with E-state index in [1.807, 2.05) is 0 Å². The van der Waals surface area contributed by atoms with E-state index in [1.165, 1.54) is 37.7 Å². The summed E-state index contributed by atoms with van der Waals surface area (Å²) in [6.07, 6.45) is 12.2. The number of nitrogens with one attached hydrogen (secondary N) is 1. The molecule has 1 atom stereocenters. The molecule has 0 amide bonds. The fraction of sp³-hybridized carbons (Fsp3) is 0.800. The minimum absolute atomic E-state index is 0.526. The van der Waals surface area contributed by atoms with Crippen molar-refractivity contribution < 1.29 is 0 Å². The number of aryl methyl sites for hydroxylation is 1. The Hall–Kier alpha value is -0.830. The molecular formula is C15H27N3. The summed E-state index contributed by atoms with van der Waals surface area (Å²) >= 11 is 0. The molecule has 1 fully saturated rings. The maximum Gasteiger partial charge on any atom is 0.0537 e. The summed E-state index contributed by atoms with van der Waals surface area (Å²) in [6.45, 7) is 6.58. The predicted octanol–water partition coefficient (Wildman–Crippen LogP) is 3.52. The Balaban J connectivity index is 2.05. The lowest BCUT2D eigenvalue weighted by Crippen LogP contribution is -2.27. The van der Waals surface area contributed by atoms with Crippen LogP contribution in [0.1, 0.15) is 64.0 Å². The van der Waals surface area contributed by atoms with Crippen molar-refractivity contribution in [3.05, 3.63) is 18.0 Å². The molecule has 0 aromatic carbocycles. The van der Waals surface area contributed by atoms with E-state index in [0.29, 0.717) is 6.04 Å². The van der Waals surface area contributed by atoms with Crippen molar-refractivity contribution in [2.75, 3.05) is 6.54 Å². The van der Waals surface area contributed by atoms with Crippen LogP contribution in [0.5, 0.6) is 0 Å². The molecule has 3 heteroatoms. The van der Waals surface area contributed by atoms with Gasteiger partial charge in [0.25, 0.3) is 0 Å². The van der Waals surface area contributed by atoms with E-state index in [2.05, 4.69) is 41.3 Å². The van der Waals surface area contributed by atoms with Gasteiger partial charge in [-0.05, 0) is 38.1 Å². The zero-order valence-electron chi connectivity index (χ0n) is 11.9. The molecule has 0 radical (unpaired) electrons. The summed E-state index contributed by atoms with van der Waals surface area (Å²) in [4.78, 5) is 0. The van der Waals surface area contributed by atoms with Crippen LogP contribution in [-0.2, 0) is 6.54 Å². The van der Waals surface area contributed by atoms with Gasteiger partial charge in [-0.25, -0.2) is 0 Å². The van der Waals surface area contributed by atoms with Crippen molar-refractivity contribution in [1.29, 1.82) is 0 Å². The minimum atomic E-state index is 0.526. The SMILES string of the molecule is CCCNC(c1cnn(CCC)c1)C1CCCC1. The highest BCUT2D eigenvalue weighted by atomic mass is 15.3. The van der Waals surface area contributed by atoms with E-state index in [0.717, 1.165) is 25.4 Å². The van der Waals surface area contributed by atoms with Gasteiger partial charge >= 0.3 is 0 Å². The highest BCUT2D eigenvalue weighted by molar-refractivity contribution is 5.12. The number of rotatable bonds is 7. The lowest BCUT2D eigenvalue weighted by molar-refractivity contribution is 0.368. The van der Waals surface area contributed by atoms with Gasteiger partial charge in [-0.3, -0.25) is 4.68 Å². The maximum absolute atomic E-state index is 4.48. The average Bonchev–Trinajstić information content (AvgIpc) is 3.02. The third-order valence-corrected chi connectivity index (χ3v) is 3.95. The molecule has 1 saturated carbocycles. The largest absolute Gasteiger partial charge is 0.310 e. The summed E-state index contributed by atoms with van der Waals surface area (Å²) in [5.41, 5.74) is 1.39. The summed E-state index contributed by atoms with van der Waals surface area (Å²) in [7, 11) is 0. The van der Waals surface area contributed by atoms with Gasteiger partial charge in [0.1, 0.15) is 0 Å². The molecule has 0 spiro atoms. The molecule has 1 aliphatic carbocycles. The molecule has 3 nitrogen and oxygen atoms in total. The maximum atomic E-state index is 4.48. The highest BCUT2D eigenvalue weighted by Crippen LogP contribution is 2.35. The Kier molecular flexibility index (Phi) is 5.24. The van der Waals surface area contributed by atoms with Crippen LogP contribution in [0.2, 0.25) is 0 Å². The average molecular weight is 249 g/mol. The van der Waals surface area contributed by atoms with E-state index in [-0.39, 0.29) is 0 Å². The second kappa shape index (κ2) is 6.93. The first kappa shape index (κ1) is 13.6. The van der Waals surface area contributed by atoms with Crippen molar-refractivity contribution in [2.45, 2.75) is 65.0 Å². The molecule has 1 aromatic heterocycles. The van der Waals surface area contributed by atoms with E-state index < -0.39 is 0 Å². The zero-order chi connectivity index (χ0) is 12.8. The molecule has 1 N–H and O–H groups in total. The van der Waals surface area contributed by atoms with E-state index in [1.54, 1.807) is 0 Å². The van der Waals surface area contributed by atoms with Crippen molar-refractivity contribution in [3.8, 4) is 0 Å². The molecule has 102 valence electrons. The van der Waals surface area contributed by atoms with Crippen molar-refractivity contribution >= 4 is 0 Å². The van der Waals surface area contributed by atoms with Gasteiger partial charge in [0, 0.05) is 24.3 Å². The summed E-state index contributed by atoms with van der Waals surface area (Å²) in [6, 6.07) is 0.526. The van der Waals surface area contributed by atoms with Gasteiger partial charge in [0.05, 0.1) is 6.20 Å². The van der Waals surface area contributed by atoms with Crippen molar-refractivity contribution in [3.63, 3.8) is 0 Å². The van der Waals surface area contributed by atoms with Crippen LogP contribution in [0.25, 0.3) is 0 Å². The second-order valence-electron chi connectivity index (χ2n) is 5.51. The van der Waals surface area contributed by atoms with Crippen LogP contribution in [0, 0.1) is 5.92 Å². The van der Waals surface area contributed by atoms with E-state index in [9.17, 15) is 0 Å². The number of hydrogen-bond acceptors (Lipinski definition) is 2. The summed E-state index contributed by atoms with van der Waals surface area (Å²) < 4.78 is 2.09. The van der Waals surface area contributed by atoms with Crippen LogP contribution in [0.15, 0.2) is 12.4 Å². The Labute approximate surface area is 111 Å². The van der Waals surface area contributed by atoms with Crippen LogP contribution in [0.4, 0.5) is 0 Å². The van der Waals surface area contributed by atoms with E-state index in [4.69, 9.17) is 0 Å². The summed E-state index contributed by atoms with van der Waals surface area (Å²) in [5, 5.41) is 8.21. The molecular weight excluding hydrogens is 222 g/mol. The lowest BCUT2D eigenvalue weighted by atomic mass is 9.93.